The van der Waals surface area contributed by atoms with E-state index >= 15 is 0 Å². The number of benzene rings is 1. The molecule has 1 heterocycles. The van der Waals surface area contributed by atoms with Crippen molar-refractivity contribution in [2.75, 3.05) is 18.9 Å². The molecule has 1 atom stereocenters. The third-order valence-electron chi connectivity index (χ3n) is 2.73. The molecule has 0 saturated carbocycles. The van der Waals surface area contributed by atoms with Crippen LogP contribution in [0.1, 0.15) is 23.5 Å². The number of para-hydroxylation sites is 1. The van der Waals surface area contributed by atoms with E-state index in [2.05, 4.69) is 25.1 Å². The smallest absolute Gasteiger partial charge is 0.0536 e. The highest BCUT2D eigenvalue weighted by atomic mass is 16.5. The monoisotopic (exact) mass is 177 g/mol. The highest BCUT2D eigenvalue weighted by Gasteiger charge is 2.19. The second kappa shape index (κ2) is 3.38. The highest BCUT2D eigenvalue weighted by molar-refractivity contribution is 5.54. The van der Waals surface area contributed by atoms with Crippen LogP contribution in [0.2, 0.25) is 0 Å². The van der Waals surface area contributed by atoms with E-state index in [1.165, 1.54) is 11.1 Å². The van der Waals surface area contributed by atoms with Gasteiger partial charge in [-0.05, 0) is 24.5 Å². The van der Waals surface area contributed by atoms with Crippen LogP contribution < -0.4 is 5.73 Å². The Morgan fingerprint density at radius 1 is 1.46 bits per heavy atom. The molecule has 2 heteroatoms. The number of anilines is 1. The van der Waals surface area contributed by atoms with Gasteiger partial charge in [0.2, 0.25) is 0 Å². The van der Waals surface area contributed by atoms with Crippen molar-refractivity contribution in [3.63, 3.8) is 0 Å². The predicted octanol–water partition coefficient (Wildman–Crippen LogP) is 2.08. The summed E-state index contributed by atoms with van der Waals surface area (Å²) in [6.45, 7) is 3.75. The first-order chi connectivity index (χ1) is 6.29. The number of rotatable bonds is 1. The fourth-order valence-electron chi connectivity index (χ4n) is 1.84. The molecule has 0 radical (unpaired) electrons. The van der Waals surface area contributed by atoms with Gasteiger partial charge in [-0.15, -0.1) is 0 Å². The van der Waals surface area contributed by atoms with Gasteiger partial charge in [-0.1, -0.05) is 18.2 Å². The maximum atomic E-state index is 6.01. The van der Waals surface area contributed by atoms with E-state index in [0.717, 1.165) is 25.3 Å². The number of hydrogen-bond donors (Lipinski definition) is 1. The third-order valence-corrected chi connectivity index (χ3v) is 2.73. The molecular formula is C11H15NO. The number of nitrogens with two attached hydrogens (primary N) is 1. The minimum absolute atomic E-state index is 0.514. The van der Waals surface area contributed by atoms with E-state index in [4.69, 9.17) is 10.5 Å². The summed E-state index contributed by atoms with van der Waals surface area (Å²) < 4.78 is 5.35. The van der Waals surface area contributed by atoms with E-state index < -0.39 is 0 Å². The molecule has 1 saturated heterocycles. The second-order valence-electron chi connectivity index (χ2n) is 3.64. The average molecular weight is 177 g/mol. The lowest BCUT2D eigenvalue weighted by atomic mass is 9.95. The fourth-order valence-corrected chi connectivity index (χ4v) is 1.84. The number of nitrogen functional groups attached to an aromatic ring is 1. The largest absolute Gasteiger partial charge is 0.398 e. The Kier molecular flexibility index (Phi) is 2.23. The maximum absolute atomic E-state index is 6.01. The molecule has 0 amide bonds. The summed E-state index contributed by atoms with van der Waals surface area (Å²) in [5.41, 5.74) is 9.38. The summed E-state index contributed by atoms with van der Waals surface area (Å²) in [5.74, 6) is 0.514. The molecule has 1 fully saturated rings. The molecule has 13 heavy (non-hydrogen) atoms. The van der Waals surface area contributed by atoms with Crippen molar-refractivity contribution >= 4 is 5.69 Å². The molecule has 70 valence electrons. The van der Waals surface area contributed by atoms with Crippen LogP contribution in [0.5, 0.6) is 0 Å². The van der Waals surface area contributed by atoms with Crippen LogP contribution in [0.4, 0.5) is 5.69 Å². The topological polar surface area (TPSA) is 35.2 Å². The molecule has 1 unspecified atom stereocenters. The average Bonchev–Trinajstić information content (AvgIpc) is 2.62. The number of ether oxygens (including phenoxy) is 1. The summed E-state index contributed by atoms with van der Waals surface area (Å²) in [6, 6.07) is 6.23. The molecular weight excluding hydrogens is 162 g/mol. The Labute approximate surface area is 78.7 Å². The highest BCUT2D eigenvalue weighted by Crippen LogP contribution is 2.30. The van der Waals surface area contributed by atoms with Crippen molar-refractivity contribution in [1.29, 1.82) is 0 Å². The molecule has 0 spiro atoms. The zero-order valence-electron chi connectivity index (χ0n) is 7.92. The van der Waals surface area contributed by atoms with Gasteiger partial charge in [0.15, 0.2) is 0 Å². The Morgan fingerprint density at radius 3 is 3.00 bits per heavy atom. The van der Waals surface area contributed by atoms with E-state index in [1.54, 1.807) is 0 Å². The SMILES string of the molecule is Cc1cccc(C2CCOC2)c1N. The zero-order valence-corrected chi connectivity index (χ0v) is 7.92. The van der Waals surface area contributed by atoms with E-state index in [1.807, 2.05) is 0 Å². The molecule has 2 rings (SSSR count). The van der Waals surface area contributed by atoms with Crippen LogP contribution in [0.25, 0.3) is 0 Å². The van der Waals surface area contributed by atoms with Crippen LogP contribution in [-0.2, 0) is 4.74 Å². The molecule has 2 nitrogen and oxygen atoms in total. The minimum atomic E-state index is 0.514. The van der Waals surface area contributed by atoms with Crippen LogP contribution >= 0.6 is 0 Å². The van der Waals surface area contributed by atoms with Gasteiger partial charge in [-0.25, -0.2) is 0 Å². The Hall–Kier alpha value is -1.02. The van der Waals surface area contributed by atoms with Crippen molar-refractivity contribution in [3.05, 3.63) is 29.3 Å². The van der Waals surface area contributed by atoms with Crippen LogP contribution in [0.3, 0.4) is 0 Å². The first-order valence-electron chi connectivity index (χ1n) is 4.72. The van der Waals surface area contributed by atoms with Crippen molar-refractivity contribution in [2.24, 2.45) is 0 Å². The predicted molar refractivity (Wildman–Crippen MR) is 53.8 cm³/mol. The maximum Gasteiger partial charge on any atom is 0.0536 e. The fraction of sp³-hybridized carbons (Fsp3) is 0.455. The van der Waals surface area contributed by atoms with E-state index in [9.17, 15) is 0 Å². The van der Waals surface area contributed by atoms with Crippen molar-refractivity contribution in [1.82, 2.24) is 0 Å². The molecule has 1 aromatic carbocycles. The molecule has 0 bridgehead atoms. The van der Waals surface area contributed by atoms with Gasteiger partial charge in [0.05, 0.1) is 6.61 Å². The molecule has 2 N–H and O–H groups in total. The van der Waals surface area contributed by atoms with Crippen LogP contribution in [0.15, 0.2) is 18.2 Å². The Morgan fingerprint density at radius 2 is 2.31 bits per heavy atom. The normalized spacial score (nSPS) is 22.1. The van der Waals surface area contributed by atoms with Gasteiger partial charge >= 0.3 is 0 Å². The minimum Gasteiger partial charge on any atom is -0.398 e. The van der Waals surface area contributed by atoms with Gasteiger partial charge in [-0.2, -0.15) is 0 Å². The lowest BCUT2D eigenvalue weighted by Crippen LogP contribution is -2.03. The summed E-state index contributed by atoms with van der Waals surface area (Å²) in [7, 11) is 0. The Bertz CT molecular complexity index is 303. The first kappa shape index (κ1) is 8.57. The zero-order chi connectivity index (χ0) is 9.26. The lowest BCUT2D eigenvalue weighted by molar-refractivity contribution is 0.194. The summed E-state index contributed by atoms with van der Waals surface area (Å²) in [5, 5.41) is 0. The van der Waals surface area contributed by atoms with Crippen LogP contribution in [0, 0.1) is 6.92 Å². The number of hydrogen-bond acceptors (Lipinski definition) is 2. The van der Waals surface area contributed by atoms with Gasteiger partial charge < -0.3 is 10.5 Å². The second-order valence-corrected chi connectivity index (χ2v) is 3.64. The first-order valence-corrected chi connectivity index (χ1v) is 4.72. The molecule has 1 aromatic rings. The van der Waals surface area contributed by atoms with Gasteiger partial charge in [0.1, 0.15) is 0 Å². The summed E-state index contributed by atoms with van der Waals surface area (Å²) in [6.07, 6.45) is 1.10. The molecule has 0 aliphatic carbocycles. The Balaban J connectivity index is 2.33. The molecule has 0 aromatic heterocycles. The summed E-state index contributed by atoms with van der Waals surface area (Å²) >= 11 is 0. The van der Waals surface area contributed by atoms with Gasteiger partial charge in [0.25, 0.3) is 0 Å². The van der Waals surface area contributed by atoms with Gasteiger partial charge in [-0.3, -0.25) is 0 Å². The number of aryl methyl sites for hydroxylation is 1. The lowest BCUT2D eigenvalue weighted by Gasteiger charge is -2.12. The molecule has 1 aliphatic rings. The van der Waals surface area contributed by atoms with Gasteiger partial charge in [0, 0.05) is 18.2 Å². The van der Waals surface area contributed by atoms with Crippen molar-refractivity contribution in [3.8, 4) is 0 Å². The molecule has 1 aliphatic heterocycles. The van der Waals surface area contributed by atoms with E-state index in [-0.39, 0.29) is 0 Å². The van der Waals surface area contributed by atoms with E-state index in [0.29, 0.717) is 5.92 Å². The third kappa shape index (κ3) is 1.54. The van der Waals surface area contributed by atoms with Crippen molar-refractivity contribution in [2.45, 2.75) is 19.3 Å². The quantitative estimate of drug-likeness (QED) is 0.666. The summed E-state index contributed by atoms with van der Waals surface area (Å²) in [4.78, 5) is 0. The van der Waals surface area contributed by atoms with Crippen molar-refractivity contribution < 1.29 is 4.74 Å². The standard InChI is InChI=1S/C11H15NO/c1-8-3-2-4-10(11(8)12)9-5-6-13-7-9/h2-4,9H,5-7,12H2,1H3. The van der Waals surface area contributed by atoms with Crippen LogP contribution in [-0.4, -0.2) is 13.2 Å².